The van der Waals surface area contributed by atoms with Crippen LogP contribution >= 0.6 is 0 Å². The highest BCUT2D eigenvalue weighted by molar-refractivity contribution is 5.96. The van der Waals surface area contributed by atoms with Crippen LogP contribution < -0.4 is 14.8 Å². The lowest BCUT2D eigenvalue weighted by atomic mass is 10.1. The fourth-order valence-electron chi connectivity index (χ4n) is 3.22. The number of nitrogens with zero attached hydrogens (tertiary/aromatic N) is 2. The van der Waals surface area contributed by atoms with Crippen LogP contribution in [0.4, 0.5) is 11.5 Å². The zero-order chi connectivity index (χ0) is 21.1. The lowest BCUT2D eigenvalue weighted by Gasteiger charge is -2.14. The van der Waals surface area contributed by atoms with Crippen LogP contribution in [0.2, 0.25) is 0 Å². The van der Waals surface area contributed by atoms with Crippen molar-refractivity contribution in [1.82, 2.24) is 9.97 Å². The number of nitrogens with one attached hydrogen (secondary N) is 1. The van der Waals surface area contributed by atoms with Crippen molar-refractivity contribution in [2.24, 2.45) is 0 Å². The van der Waals surface area contributed by atoms with E-state index in [9.17, 15) is 4.79 Å². The van der Waals surface area contributed by atoms with E-state index in [4.69, 9.17) is 19.4 Å². The van der Waals surface area contributed by atoms with E-state index < -0.39 is 0 Å². The van der Waals surface area contributed by atoms with E-state index in [1.54, 1.807) is 33.3 Å². The van der Waals surface area contributed by atoms with E-state index in [0.717, 1.165) is 16.6 Å². The molecule has 30 heavy (non-hydrogen) atoms. The maximum absolute atomic E-state index is 11.8. The summed E-state index contributed by atoms with van der Waals surface area (Å²) in [7, 11) is 3.18. The number of carbonyl (C=O) groups excluding carboxylic acids is 1. The number of ketones is 1. The second kappa shape index (κ2) is 8.21. The van der Waals surface area contributed by atoms with E-state index in [2.05, 4.69) is 5.32 Å². The van der Waals surface area contributed by atoms with Crippen LogP contribution in [0.1, 0.15) is 17.3 Å². The van der Waals surface area contributed by atoms with Crippen molar-refractivity contribution in [3.63, 3.8) is 0 Å². The smallest absolute Gasteiger partial charge is 0.162 e. The van der Waals surface area contributed by atoms with E-state index in [1.165, 1.54) is 0 Å². The highest BCUT2D eigenvalue weighted by atomic mass is 16.5. The minimum atomic E-state index is -0.00770. The molecule has 150 valence electrons. The summed E-state index contributed by atoms with van der Waals surface area (Å²) in [5, 5.41) is 4.16. The number of anilines is 2. The van der Waals surface area contributed by atoms with Gasteiger partial charge in [-0.2, -0.15) is 0 Å². The highest BCUT2D eigenvalue weighted by Gasteiger charge is 2.15. The van der Waals surface area contributed by atoms with Crippen molar-refractivity contribution in [3.8, 4) is 22.9 Å². The third kappa shape index (κ3) is 3.80. The third-order valence-electron chi connectivity index (χ3n) is 4.76. The Kier molecular flexibility index (Phi) is 5.30. The number of methoxy groups -OCH3 is 2. The quantitative estimate of drug-likeness (QED) is 0.446. The van der Waals surface area contributed by atoms with Crippen LogP contribution in [0, 0.1) is 0 Å². The van der Waals surface area contributed by atoms with Crippen molar-refractivity contribution in [2.75, 3.05) is 19.5 Å². The molecule has 0 bridgehead atoms. The number of rotatable bonds is 6. The van der Waals surface area contributed by atoms with Gasteiger partial charge in [0.15, 0.2) is 23.1 Å². The van der Waals surface area contributed by atoms with Gasteiger partial charge in [-0.15, -0.1) is 0 Å². The number of Topliss-reactive ketones (excluding diaryl/α,β-unsaturated/α-hetero) is 1. The van der Waals surface area contributed by atoms with Gasteiger partial charge in [0.05, 0.1) is 19.7 Å². The Balaban J connectivity index is 1.93. The SMILES string of the molecule is COc1cc2nc(-c3cccc(C(C)=O)c3)nc(Nc3ccccc3)c2cc1OC. The summed E-state index contributed by atoms with van der Waals surface area (Å²) in [5.41, 5.74) is 2.97. The summed E-state index contributed by atoms with van der Waals surface area (Å²) in [5.74, 6) is 2.31. The molecule has 0 aliphatic rings. The van der Waals surface area contributed by atoms with Crippen LogP contribution in [-0.4, -0.2) is 30.0 Å². The van der Waals surface area contributed by atoms with E-state index in [0.29, 0.717) is 34.2 Å². The summed E-state index contributed by atoms with van der Waals surface area (Å²) in [6.07, 6.45) is 0. The molecule has 0 aliphatic carbocycles. The van der Waals surface area contributed by atoms with Gasteiger partial charge in [-0.05, 0) is 31.2 Å². The molecule has 0 saturated heterocycles. The van der Waals surface area contributed by atoms with Gasteiger partial charge in [0, 0.05) is 28.3 Å². The molecule has 0 unspecified atom stereocenters. The molecule has 0 radical (unpaired) electrons. The minimum absolute atomic E-state index is 0.00770. The highest BCUT2D eigenvalue weighted by Crippen LogP contribution is 2.36. The number of ether oxygens (including phenoxy) is 2. The molecule has 1 N–H and O–H groups in total. The van der Waals surface area contributed by atoms with Gasteiger partial charge in [0.2, 0.25) is 0 Å². The second-order valence-corrected chi connectivity index (χ2v) is 6.75. The first-order valence-electron chi connectivity index (χ1n) is 9.46. The topological polar surface area (TPSA) is 73.3 Å². The third-order valence-corrected chi connectivity index (χ3v) is 4.76. The normalized spacial score (nSPS) is 10.6. The Morgan fingerprint density at radius 1 is 0.867 bits per heavy atom. The second-order valence-electron chi connectivity index (χ2n) is 6.75. The van der Waals surface area contributed by atoms with Gasteiger partial charge in [-0.25, -0.2) is 9.97 Å². The first-order chi connectivity index (χ1) is 14.6. The van der Waals surface area contributed by atoms with E-state index in [1.807, 2.05) is 54.6 Å². The van der Waals surface area contributed by atoms with Crippen LogP contribution in [-0.2, 0) is 0 Å². The number of hydrogen-bond acceptors (Lipinski definition) is 6. The molecule has 0 fully saturated rings. The van der Waals surface area contributed by atoms with Crippen molar-refractivity contribution < 1.29 is 14.3 Å². The van der Waals surface area contributed by atoms with Crippen LogP contribution in [0.15, 0.2) is 66.7 Å². The largest absolute Gasteiger partial charge is 0.493 e. The van der Waals surface area contributed by atoms with Gasteiger partial charge in [-0.1, -0.05) is 36.4 Å². The van der Waals surface area contributed by atoms with Gasteiger partial charge < -0.3 is 14.8 Å². The summed E-state index contributed by atoms with van der Waals surface area (Å²) >= 11 is 0. The van der Waals surface area contributed by atoms with Crippen molar-refractivity contribution >= 4 is 28.2 Å². The molecule has 0 atom stereocenters. The first kappa shape index (κ1) is 19.4. The van der Waals surface area contributed by atoms with Crippen molar-refractivity contribution in [3.05, 3.63) is 72.3 Å². The average molecular weight is 399 g/mol. The molecular formula is C24H21N3O3. The molecule has 1 heterocycles. The van der Waals surface area contributed by atoms with Crippen molar-refractivity contribution in [1.29, 1.82) is 0 Å². The van der Waals surface area contributed by atoms with Gasteiger partial charge >= 0.3 is 0 Å². The lowest BCUT2D eigenvalue weighted by Crippen LogP contribution is -2.01. The monoisotopic (exact) mass is 399 g/mol. The molecule has 4 aromatic rings. The average Bonchev–Trinajstić information content (AvgIpc) is 2.78. The number of aromatic nitrogens is 2. The molecule has 3 aromatic carbocycles. The molecule has 6 nitrogen and oxygen atoms in total. The zero-order valence-corrected chi connectivity index (χ0v) is 17.0. The molecule has 0 saturated carbocycles. The summed E-state index contributed by atoms with van der Waals surface area (Å²) in [6, 6.07) is 20.8. The minimum Gasteiger partial charge on any atom is -0.493 e. The molecule has 0 spiro atoms. The summed E-state index contributed by atoms with van der Waals surface area (Å²) in [4.78, 5) is 21.3. The lowest BCUT2D eigenvalue weighted by molar-refractivity contribution is 0.101. The Morgan fingerprint density at radius 2 is 1.60 bits per heavy atom. The molecule has 1 aromatic heterocycles. The Hall–Kier alpha value is -3.93. The zero-order valence-electron chi connectivity index (χ0n) is 17.0. The fourth-order valence-corrected chi connectivity index (χ4v) is 3.22. The number of carbonyl (C=O) groups is 1. The van der Waals surface area contributed by atoms with Crippen LogP contribution in [0.25, 0.3) is 22.3 Å². The van der Waals surface area contributed by atoms with Crippen LogP contribution in [0.5, 0.6) is 11.5 Å². The number of para-hydroxylation sites is 1. The Bertz CT molecular complexity index is 1220. The van der Waals surface area contributed by atoms with E-state index >= 15 is 0 Å². The maximum atomic E-state index is 11.8. The first-order valence-corrected chi connectivity index (χ1v) is 9.46. The number of hydrogen-bond donors (Lipinski definition) is 1. The fraction of sp³-hybridized carbons (Fsp3) is 0.125. The molecular weight excluding hydrogens is 378 g/mol. The van der Waals surface area contributed by atoms with Gasteiger partial charge in [0.1, 0.15) is 5.82 Å². The van der Waals surface area contributed by atoms with Gasteiger partial charge in [-0.3, -0.25) is 4.79 Å². The predicted molar refractivity (Wildman–Crippen MR) is 118 cm³/mol. The Morgan fingerprint density at radius 3 is 2.30 bits per heavy atom. The predicted octanol–water partition coefficient (Wildman–Crippen LogP) is 5.26. The number of fused-ring (bicyclic) bond motifs is 1. The standard InChI is InChI=1S/C24H21N3O3/c1-15(28)16-8-7-9-17(12-16)23-26-20-14-22(30-3)21(29-2)13-19(20)24(27-23)25-18-10-5-4-6-11-18/h4-14H,1-3H3,(H,25,26,27). The van der Waals surface area contributed by atoms with Crippen molar-refractivity contribution in [2.45, 2.75) is 6.92 Å². The Labute approximate surface area is 174 Å². The van der Waals surface area contributed by atoms with Crippen LogP contribution in [0.3, 0.4) is 0 Å². The summed E-state index contributed by atoms with van der Waals surface area (Å²) < 4.78 is 10.9. The maximum Gasteiger partial charge on any atom is 0.162 e. The number of benzene rings is 3. The van der Waals surface area contributed by atoms with E-state index in [-0.39, 0.29) is 5.78 Å². The molecule has 0 aliphatic heterocycles. The molecule has 6 heteroatoms. The van der Waals surface area contributed by atoms with Gasteiger partial charge in [0.25, 0.3) is 0 Å². The molecule has 0 amide bonds. The molecule has 4 rings (SSSR count). The summed E-state index contributed by atoms with van der Waals surface area (Å²) in [6.45, 7) is 1.54.